The topological polar surface area (TPSA) is 38.0 Å². The highest BCUT2D eigenvalue weighted by molar-refractivity contribution is 9.10. The lowest BCUT2D eigenvalue weighted by molar-refractivity contribution is 0.133. The Bertz CT molecular complexity index is 447. The van der Waals surface area contributed by atoms with E-state index in [0.29, 0.717) is 5.92 Å². The van der Waals surface area contributed by atoms with Gasteiger partial charge in [-0.3, -0.25) is 4.68 Å². The van der Waals surface area contributed by atoms with Crippen LogP contribution in [0.1, 0.15) is 37.6 Å². The molecular formula is C14H21BrN2O. The zero-order valence-corrected chi connectivity index (χ0v) is 12.7. The molecule has 0 bridgehead atoms. The van der Waals surface area contributed by atoms with Gasteiger partial charge in [0.1, 0.15) is 0 Å². The molecule has 100 valence electrons. The Morgan fingerprint density at radius 3 is 2.67 bits per heavy atom. The van der Waals surface area contributed by atoms with Crippen molar-refractivity contribution >= 4 is 15.9 Å². The molecule has 3 nitrogen and oxygen atoms in total. The van der Waals surface area contributed by atoms with Gasteiger partial charge in [0, 0.05) is 13.5 Å². The average Bonchev–Trinajstić information content (AvgIpc) is 2.71. The van der Waals surface area contributed by atoms with Crippen LogP contribution in [0.5, 0.6) is 0 Å². The molecule has 2 aliphatic rings. The van der Waals surface area contributed by atoms with Crippen LogP contribution < -0.4 is 0 Å². The van der Waals surface area contributed by atoms with E-state index < -0.39 is 0 Å². The molecule has 1 N–H and O–H groups in total. The van der Waals surface area contributed by atoms with Gasteiger partial charge in [0.05, 0.1) is 22.0 Å². The highest BCUT2D eigenvalue weighted by Gasteiger charge is 2.55. The summed E-state index contributed by atoms with van der Waals surface area (Å²) < 4.78 is 3.02. The molecule has 2 saturated carbocycles. The largest absolute Gasteiger partial charge is 0.392 e. The number of hydrogen-bond acceptors (Lipinski definition) is 2. The summed E-state index contributed by atoms with van der Waals surface area (Å²) in [7, 11) is 1.97. The molecule has 1 heterocycles. The summed E-state index contributed by atoms with van der Waals surface area (Å²) in [4.78, 5) is 0. The molecule has 3 rings (SSSR count). The van der Waals surface area contributed by atoms with E-state index in [4.69, 9.17) is 0 Å². The number of nitrogens with zero attached hydrogens (tertiary/aromatic N) is 2. The average molecular weight is 313 g/mol. The van der Waals surface area contributed by atoms with Gasteiger partial charge in [0.2, 0.25) is 0 Å². The fourth-order valence-electron chi connectivity index (χ4n) is 3.82. The summed E-state index contributed by atoms with van der Waals surface area (Å²) in [6.07, 6.45) is 5.52. The third-order valence-corrected chi connectivity index (χ3v) is 5.74. The lowest BCUT2D eigenvalue weighted by atomic mass is 10.0. The van der Waals surface area contributed by atoms with Crippen molar-refractivity contribution in [1.82, 2.24) is 9.78 Å². The molecule has 2 aliphatic carbocycles. The van der Waals surface area contributed by atoms with Crippen molar-refractivity contribution in [1.29, 1.82) is 0 Å². The van der Waals surface area contributed by atoms with Gasteiger partial charge in [-0.1, -0.05) is 13.3 Å². The fourth-order valence-corrected chi connectivity index (χ4v) is 4.60. The Labute approximate surface area is 117 Å². The number of hydrogen-bond donors (Lipinski definition) is 1. The molecule has 3 atom stereocenters. The molecule has 0 radical (unpaired) electrons. The summed E-state index contributed by atoms with van der Waals surface area (Å²) in [5.41, 5.74) is 2.24. The van der Waals surface area contributed by atoms with Gasteiger partial charge in [-0.15, -0.1) is 0 Å². The minimum atomic E-state index is -0.184. The first-order chi connectivity index (χ1) is 8.63. The lowest BCUT2D eigenvalue weighted by Gasteiger charge is -2.13. The number of aliphatic hydroxyl groups is 1. The Morgan fingerprint density at radius 2 is 2.11 bits per heavy atom. The van der Waals surface area contributed by atoms with Crippen molar-refractivity contribution < 1.29 is 5.11 Å². The van der Waals surface area contributed by atoms with Crippen LogP contribution >= 0.6 is 15.9 Å². The molecule has 0 amide bonds. The molecule has 1 aromatic rings. The SMILES string of the molecule is CCc1nn(C)c(CC(O)C2C3CCCC32)c1Br. The molecule has 0 aromatic carbocycles. The predicted molar refractivity (Wildman–Crippen MR) is 74.3 cm³/mol. The maximum Gasteiger partial charge on any atom is 0.0766 e. The Hall–Kier alpha value is -0.350. The zero-order valence-electron chi connectivity index (χ0n) is 11.1. The van der Waals surface area contributed by atoms with E-state index in [1.807, 2.05) is 11.7 Å². The number of aromatic nitrogens is 2. The highest BCUT2D eigenvalue weighted by Crippen LogP contribution is 2.59. The fraction of sp³-hybridized carbons (Fsp3) is 0.786. The molecule has 1 aromatic heterocycles. The van der Waals surface area contributed by atoms with E-state index in [1.165, 1.54) is 19.3 Å². The van der Waals surface area contributed by atoms with Crippen molar-refractivity contribution in [3.63, 3.8) is 0 Å². The number of aryl methyl sites for hydroxylation is 2. The van der Waals surface area contributed by atoms with Gasteiger partial charge < -0.3 is 5.11 Å². The van der Waals surface area contributed by atoms with Crippen LogP contribution in [0.3, 0.4) is 0 Å². The molecule has 4 heteroatoms. The second-order valence-corrected chi connectivity index (χ2v) is 6.58. The highest BCUT2D eigenvalue weighted by atomic mass is 79.9. The van der Waals surface area contributed by atoms with Crippen molar-refractivity contribution in [3.05, 3.63) is 15.9 Å². The molecule has 18 heavy (non-hydrogen) atoms. The molecule has 0 aliphatic heterocycles. The number of rotatable bonds is 4. The van der Waals surface area contributed by atoms with E-state index in [1.54, 1.807) is 0 Å². The quantitative estimate of drug-likeness (QED) is 0.928. The van der Waals surface area contributed by atoms with Gasteiger partial charge in [-0.25, -0.2) is 0 Å². The smallest absolute Gasteiger partial charge is 0.0766 e. The number of halogens is 1. The summed E-state index contributed by atoms with van der Waals surface area (Å²) >= 11 is 3.63. The van der Waals surface area contributed by atoms with Crippen LogP contribution in [0, 0.1) is 17.8 Å². The first-order valence-electron chi connectivity index (χ1n) is 7.01. The van der Waals surface area contributed by atoms with E-state index in [9.17, 15) is 5.11 Å². The first kappa shape index (κ1) is 12.7. The Kier molecular flexibility index (Phi) is 3.27. The van der Waals surface area contributed by atoms with Gasteiger partial charge in [-0.05, 0) is 52.9 Å². The van der Waals surface area contributed by atoms with Crippen molar-refractivity contribution in [2.24, 2.45) is 24.8 Å². The number of aliphatic hydroxyl groups excluding tert-OH is 1. The van der Waals surface area contributed by atoms with Crippen molar-refractivity contribution in [2.75, 3.05) is 0 Å². The second-order valence-electron chi connectivity index (χ2n) is 5.79. The minimum absolute atomic E-state index is 0.184. The van der Waals surface area contributed by atoms with Crippen LogP contribution in [0.4, 0.5) is 0 Å². The normalized spacial score (nSPS) is 31.4. The Morgan fingerprint density at radius 1 is 1.44 bits per heavy atom. The minimum Gasteiger partial charge on any atom is -0.392 e. The molecule has 0 saturated heterocycles. The zero-order chi connectivity index (χ0) is 12.9. The standard InChI is InChI=1S/C14H21BrN2O/c1-3-10-14(15)11(17(2)16-10)7-12(18)13-8-5-4-6-9(8)13/h8-9,12-13,18H,3-7H2,1-2H3. The van der Waals surface area contributed by atoms with Crippen LogP contribution in [0.25, 0.3) is 0 Å². The van der Waals surface area contributed by atoms with E-state index in [0.717, 1.165) is 40.5 Å². The van der Waals surface area contributed by atoms with E-state index >= 15 is 0 Å². The first-order valence-corrected chi connectivity index (χ1v) is 7.81. The molecule has 0 spiro atoms. The second kappa shape index (κ2) is 4.64. The maximum atomic E-state index is 10.4. The summed E-state index contributed by atoms with van der Waals surface area (Å²) in [6.45, 7) is 2.11. The lowest BCUT2D eigenvalue weighted by Crippen LogP contribution is -2.18. The van der Waals surface area contributed by atoms with Gasteiger partial charge in [0.25, 0.3) is 0 Å². The van der Waals surface area contributed by atoms with Crippen LogP contribution in [-0.2, 0) is 19.9 Å². The third-order valence-electron chi connectivity index (χ3n) is 4.82. The Balaban J connectivity index is 1.71. The molecular weight excluding hydrogens is 292 g/mol. The van der Waals surface area contributed by atoms with Gasteiger partial charge in [0.15, 0.2) is 0 Å². The monoisotopic (exact) mass is 312 g/mol. The van der Waals surface area contributed by atoms with Crippen molar-refractivity contribution in [2.45, 2.75) is 45.1 Å². The van der Waals surface area contributed by atoms with Crippen LogP contribution in [-0.4, -0.2) is 21.0 Å². The summed E-state index contributed by atoms with van der Waals surface area (Å²) in [6, 6.07) is 0. The summed E-state index contributed by atoms with van der Waals surface area (Å²) in [5.74, 6) is 2.20. The molecule has 3 unspecified atom stereocenters. The van der Waals surface area contributed by atoms with Gasteiger partial charge in [-0.2, -0.15) is 5.10 Å². The summed E-state index contributed by atoms with van der Waals surface area (Å²) in [5, 5.41) is 14.9. The van der Waals surface area contributed by atoms with Gasteiger partial charge >= 0.3 is 0 Å². The predicted octanol–water partition coefficient (Wildman–Crippen LogP) is 2.69. The van der Waals surface area contributed by atoms with E-state index in [-0.39, 0.29) is 6.10 Å². The van der Waals surface area contributed by atoms with E-state index in [2.05, 4.69) is 28.0 Å². The number of fused-ring (bicyclic) bond motifs is 1. The van der Waals surface area contributed by atoms with Crippen LogP contribution in [0.2, 0.25) is 0 Å². The third kappa shape index (κ3) is 1.94. The molecule has 2 fully saturated rings. The maximum absolute atomic E-state index is 10.4. The van der Waals surface area contributed by atoms with Crippen molar-refractivity contribution in [3.8, 4) is 0 Å². The van der Waals surface area contributed by atoms with Crippen LogP contribution in [0.15, 0.2) is 4.47 Å².